The number of rotatable bonds is 5. The van der Waals surface area contributed by atoms with E-state index in [1.807, 2.05) is 24.3 Å². The Morgan fingerprint density at radius 1 is 1.30 bits per heavy atom. The average molecular weight is 368 g/mol. The van der Waals surface area contributed by atoms with Crippen molar-refractivity contribution >= 4 is 5.91 Å². The lowest BCUT2D eigenvalue weighted by atomic mass is 10.2. The molecule has 7 heteroatoms. The number of nitrogens with one attached hydrogen (secondary N) is 1. The van der Waals surface area contributed by atoms with Gasteiger partial charge in [-0.25, -0.2) is 0 Å². The Balaban J connectivity index is 1.58. The number of aryl methyl sites for hydroxylation is 1. The molecular weight excluding hydrogens is 344 g/mol. The van der Waals surface area contributed by atoms with Gasteiger partial charge in [-0.05, 0) is 24.1 Å². The summed E-state index contributed by atoms with van der Waals surface area (Å²) in [5.74, 6) is 6.70. The second-order valence-electron chi connectivity index (χ2n) is 6.23. The van der Waals surface area contributed by atoms with Gasteiger partial charge in [0.15, 0.2) is 5.69 Å². The van der Waals surface area contributed by atoms with Crippen LogP contribution in [0.3, 0.4) is 0 Å². The van der Waals surface area contributed by atoms with Gasteiger partial charge in [0.25, 0.3) is 5.91 Å². The van der Waals surface area contributed by atoms with Crippen molar-refractivity contribution in [2.24, 2.45) is 7.05 Å². The smallest absolute Gasteiger partial charge is 0.271 e. The third-order valence-corrected chi connectivity index (χ3v) is 4.33. The standard InChI is InChI=1S/C20H24N4O3/c1-23-17(7-6-16-4-3-5-18(14-16)26-2)15-19(22-23)20(25)21-8-9-24-10-12-27-13-11-24/h3-5,14-15H,8-13H2,1-2H3,(H,21,25). The van der Waals surface area contributed by atoms with Crippen LogP contribution >= 0.6 is 0 Å². The summed E-state index contributed by atoms with van der Waals surface area (Å²) in [4.78, 5) is 14.6. The molecule has 27 heavy (non-hydrogen) atoms. The lowest BCUT2D eigenvalue weighted by Crippen LogP contribution is -2.41. The summed E-state index contributed by atoms with van der Waals surface area (Å²) in [6.45, 7) is 4.71. The van der Waals surface area contributed by atoms with Crippen LogP contribution in [0, 0.1) is 11.8 Å². The zero-order valence-corrected chi connectivity index (χ0v) is 15.7. The van der Waals surface area contributed by atoms with E-state index in [1.54, 1.807) is 24.9 Å². The van der Waals surface area contributed by atoms with Crippen LogP contribution in [0.5, 0.6) is 5.75 Å². The number of morpholine rings is 1. The number of aromatic nitrogens is 2. The number of amides is 1. The normalized spacial score (nSPS) is 14.3. The van der Waals surface area contributed by atoms with E-state index in [4.69, 9.17) is 9.47 Å². The first-order valence-corrected chi connectivity index (χ1v) is 8.94. The number of hydrogen-bond donors (Lipinski definition) is 1. The van der Waals surface area contributed by atoms with Crippen molar-refractivity contribution in [3.8, 4) is 17.6 Å². The van der Waals surface area contributed by atoms with Crippen molar-refractivity contribution in [2.75, 3.05) is 46.5 Å². The van der Waals surface area contributed by atoms with Crippen molar-refractivity contribution < 1.29 is 14.3 Å². The van der Waals surface area contributed by atoms with Gasteiger partial charge < -0.3 is 14.8 Å². The highest BCUT2D eigenvalue weighted by Crippen LogP contribution is 2.11. The van der Waals surface area contributed by atoms with Crippen molar-refractivity contribution in [3.05, 3.63) is 47.3 Å². The van der Waals surface area contributed by atoms with Gasteiger partial charge in [-0.1, -0.05) is 12.0 Å². The van der Waals surface area contributed by atoms with Crippen molar-refractivity contribution in [1.82, 2.24) is 20.0 Å². The lowest BCUT2D eigenvalue weighted by molar-refractivity contribution is 0.0383. The summed E-state index contributed by atoms with van der Waals surface area (Å²) in [5.41, 5.74) is 1.89. The predicted octanol–water partition coefficient (Wildman–Crippen LogP) is 0.890. The van der Waals surface area contributed by atoms with E-state index >= 15 is 0 Å². The third-order valence-electron chi connectivity index (χ3n) is 4.33. The second-order valence-corrected chi connectivity index (χ2v) is 6.23. The number of ether oxygens (including phenoxy) is 2. The van der Waals surface area contributed by atoms with E-state index in [2.05, 4.69) is 27.2 Å². The fourth-order valence-corrected chi connectivity index (χ4v) is 2.78. The lowest BCUT2D eigenvalue weighted by Gasteiger charge is -2.26. The number of benzene rings is 1. The van der Waals surface area contributed by atoms with Gasteiger partial charge in [0.1, 0.15) is 11.4 Å². The topological polar surface area (TPSA) is 68.6 Å². The minimum absolute atomic E-state index is 0.187. The quantitative estimate of drug-likeness (QED) is 0.794. The van der Waals surface area contributed by atoms with Crippen LogP contribution in [0.15, 0.2) is 30.3 Å². The molecule has 0 unspecified atom stereocenters. The molecule has 3 rings (SSSR count). The molecule has 0 spiro atoms. The minimum atomic E-state index is -0.187. The second kappa shape index (κ2) is 9.21. The zero-order chi connectivity index (χ0) is 19.1. The predicted molar refractivity (Wildman–Crippen MR) is 102 cm³/mol. The van der Waals surface area contributed by atoms with Crippen LogP contribution in [-0.2, 0) is 11.8 Å². The van der Waals surface area contributed by atoms with Crippen LogP contribution in [0.1, 0.15) is 21.7 Å². The maximum Gasteiger partial charge on any atom is 0.271 e. The largest absolute Gasteiger partial charge is 0.497 e. The molecule has 1 N–H and O–H groups in total. The molecule has 1 aromatic carbocycles. The Morgan fingerprint density at radius 2 is 2.11 bits per heavy atom. The van der Waals surface area contributed by atoms with E-state index in [9.17, 15) is 4.79 Å². The first kappa shape index (κ1) is 19.0. The summed E-state index contributed by atoms with van der Waals surface area (Å²) in [6.07, 6.45) is 0. The molecule has 2 heterocycles. The number of carbonyl (C=O) groups excluding carboxylic acids is 1. The number of methoxy groups -OCH3 is 1. The Kier molecular flexibility index (Phi) is 6.47. The summed E-state index contributed by atoms with van der Waals surface area (Å²) < 4.78 is 12.1. The maximum atomic E-state index is 12.3. The monoisotopic (exact) mass is 368 g/mol. The van der Waals surface area contributed by atoms with E-state index < -0.39 is 0 Å². The van der Waals surface area contributed by atoms with E-state index in [1.165, 1.54) is 0 Å². The molecule has 1 aliphatic rings. The molecule has 0 atom stereocenters. The maximum absolute atomic E-state index is 12.3. The van der Waals surface area contributed by atoms with E-state index in [-0.39, 0.29) is 5.91 Å². The summed E-state index contributed by atoms with van der Waals surface area (Å²) >= 11 is 0. The van der Waals surface area contributed by atoms with Crippen LogP contribution < -0.4 is 10.1 Å². The highest BCUT2D eigenvalue weighted by molar-refractivity contribution is 5.92. The molecule has 0 aliphatic carbocycles. The Hall–Kier alpha value is -2.82. The molecule has 0 radical (unpaired) electrons. The van der Waals surface area contributed by atoms with E-state index in [0.29, 0.717) is 17.9 Å². The van der Waals surface area contributed by atoms with Gasteiger partial charge in [-0.2, -0.15) is 5.10 Å². The molecule has 1 aliphatic heterocycles. The highest BCUT2D eigenvalue weighted by atomic mass is 16.5. The van der Waals surface area contributed by atoms with Crippen LogP contribution in [0.2, 0.25) is 0 Å². The Morgan fingerprint density at radius 3 is 2.89 bits per heavy atom. The van der Waals surface area contributed by atoms with E-state index in [0.717, 1.165) is 44.2 Å². The SMILES string of the molecule is COc1cccc(C#Cc2cc(C(=O)NCCN3CCOCC3)nn2C)c1. The molecule has 1 fully saturated rings. The molecule has 0 bridgehead atoms. The van der Waals surface area contributed by atoms with Crippen LogP contribution in [-0.4, -0.2) is 67.1 Å². The third kappa shape index (κ3) is 5.33. The van der Waals surface area contributed by atoms with Gasteiger partial charge >= 0.3 is 0 Å². The number of nitrogens with zero attached hydrogens (tertiary/aromatic N) is 3. The van der Waals surface area contributed by atoms with Gasteiger partial charge in [-0.15, -0.1) is 0 Å². The molecule has 1 amide bonds. The summed E-state index contributed by atoms with van der Waals surface area (Å²) in [6, 6.07) is 9.24. The van der Waals surface area contributed by atoms with Gasteiger partial charge in [-0.3, -0.25) is 14.4 Å². The average Bonchev–Trinajstić information content (AvgIpc) is 3.08. The molecule has 2 aromatic rings. The number of carbonyl (C=O) groups is 1. The molecule has 0 saturated carbocycles. The Labute approximate surface area is 159 Å². The first-order chi connectivity index (χ1) is 13.2. The van der Waals surface area contributed by atoms with Crippen molar-refractivity contribution in [3.63, 3.8) is 0 Å². The van der Waals surface area contributed by atoms with Gasteiger partial charge in [0.2, 0.25) is 0 Å². The molecule has 142 valence electrons. The fraction of sp³-hybridized carbons (Fsp3) is 0.400. The van der Waals surface area contributed by atoms with Gasteiger partial charge in [0, 0.05) is 44.9 Å². The van der Waals surface area contributed by atoms with Crippen LogP contribution in [0.25, 0.3) is 0 Å². The molecule has 1 saturated heterocycles. The summed E-state index contributed by atoms with van der Waals surface area (Å²) in [5, 5.41) is 7.18. The van der Waals surface area contributed by atoms with Crippen molar-refractivity contribution in [1.29, 1.82) is 0 Å². The first-order valence-electron chi connectivity index (χ1n) is 8.94. The molecule has 1 aromatic heterocycles. The minimum Gasteiger partial charge on any atom is -0.497 e. The fourth-order valence-electron chi connectivity index (χ4n) is 2.78. The Bertz CT molecular complexity index is 844. The summed E-state index contributed by atoms with van der Waals surface area (Å²) in [7, 11) is 3.40. The van der Waals surface area contributed by atoms with Crippen molar-refractivity contribution in [2.45, 2.75) is 0 Å². The van der Waals surface area contributed by atoms with Crippen LogP contribution in [0.4, 0.5) is 0 Å². The molecular formula is C20H24N4O3. The zero-order valence-electron chi connectivity index (χ0n) is 15.7. The molecule has 7 nitrogen and oxygen atoms in total. The van der Waals surface area contributed by atoms with Gasteiger partial charge in [0.05, 0.1) is 20.3 Å². The highest BCUT2D eigenvalue weighted by Gasteiger charge is 2.13. The number of hydrogen-bond acceptors (Lipinski definition) is 5.